The van der Waals surface area contributed by atoms with E-state index in [2.05, 4.69) is 10.0 Å². The Hall–Kier alpha value is -1.11. The predicted octanol–water partition coefficient (Wildman–Crippen LogP) is 3.60. The fourth-order valence-electron chi connectivity index (χ4n) is 3.14. The van der Waals surface area contributed by atoms with Crippen molar-refractivity contribution in [2.75, 3.05) is 11.9 Å². The maximum Gasteiger partial charge on any atom is 0.216 e. The number of hydrogen-bond acceptors (Lipinski definition) is 4. The first-order chi connectivity index (χ1) is 11.9. The Labute approximate surface area is 158 Å². The van der Waals surface area contributed by atoms with Crippen LogP contribution in [-0.4, -0.2) is 30.9 Å². The summed E-state index contributed by atoms with van der Waals surface area (Å²) in [5.41, 5.74) is 1.13. The molecule has 6 heteroatoms. The Bertz CT molecular complexity index is 677. The molecule has 0 atom stereocenters. The van der Waals surface area contributed by atoms with E-state index in [1.165, 1.54) is 0 Å². The quantitative estimate of drug-likeness (QED) is 0.702. The van der Waals surface area contributed by atoms with Crippen LogP contribution in [0.3, 0.4) is 0 Å². The fraction of sp³-hybridized carbons (Fsp3) is 0.700. The Morgan fingerprint density at radius 1 is 1.00 bits per heavy atom. The lowest BCUT2D eigenvalue weighted by molar-refractivity contribution is 0.0786. The number of rotatable bonds is 6. The highest BCUT2D eigenvalue weighted by atomic mass is 32.2. The average Bonchev–Trinajstić information content (AvgIpc) is 2.52. The smallest absolute Gasteiger partial charge is 0.216 e. The van der Waals surface area contributed by atoms with Crippen LogP contribution in [0.4, 0.5) is 5.69 Å². The van der Waals surface area contributed by atoms with Crippen molar-refractivity contribution in [1.29, 1.82) is 0 Å². The topological polar surface area (TPSA) is 78.4 Å². The Morgan fingerprint density at radius 2 is 1.54 bits per heavy atom. The predicted molar refractivity (Wildman–Crippen MR) is 108 cm³/mol. The zero-order valence-electron chi connectivity index (χ0n) is 16.7. The van der Waals surface area contributed by atoms with Gasteiger partial charge in [-0.1, -0.05) is 12.1 Å². The first kappa shape index (κ1) is 21.2. The number of hydrogen-bond donors (Lipinski definition) is 3. The van der Waals surface area contributed by atoms with Crippen molar-refractivity contribution >= 4 is 15.7 Å². The van der Waals surface area contributed by atoms with E-state index in [-0.39, 0.29) is 6.04 Å². The molecule has 1 aliphatic carbocycles. The molecule has 3 N–H and O–H groups in total. The standard InChI is InChI=1S/C20H34N2O3S/c1-19(2,3)26(24,25)22-18-10-6-15(7-11-18)14-21-17-12-8-16(9-13-17)20(4,5)23/h8-9,12-13,15,18,21-23H,6-7,10-11,14H2,1-5H3/t15-,18-. The maximum absolute atomic E-state index is 12.3. The average molecular weight is 383 g/mol. The van der Waals surface area contributed by atoms with Gasteiger partial charge in [-0.05, 0) is 83.9 Å². The van der Waals surface area contributed by atoms with Gasteiger partial charge in [0.2, 0.25) is 10.0 Å². The lowest BCUT2D eigenvalue weighted by Gasteiger charge is -2.31. The van der Waals surface area contributed by atoms with Gasteiger partial charge >= 0.3 is 0 Å². The number of aliphatic hydroxyl groups is 1. The van der Waals surface area contributed by atoms with E-state index in [0.717, 1.165) is 43.5 Å². The molecule has 0 saturated heterocycles. The van der Waals surface area contributed by atoms with Gasteiger partial charge in [-0.2, -0.15) is 0 Å². The molecule has 0 radical (unpaired) electrons. The molecule has 0 bridgehead atoms. The molecule has 2 rings (SSSR count). The summed E-state index contributed by atoms with van der Waals surface area (Å²) in [5, 5.41) is 13.5. The van der Waals surface area contributed by atoms with Gasteiger partial charge in [0.1, 0.15) is 0 Å². The monoisotopic (exact) mass is 382 g/mol. The Kier molecular flexibility index (Phi) is 6.41. The number of anilines is 1. The molecule has 1 saturated carbocycles. The second-order valence-corrected chi connectivity index (χ2v) is 11.4. The number of nitrogens with one attached hydrogen (secondary N) is 2. The first-order valence-electron chi connectivity index (χ1n) is 9.47. The van der Waals surface area contributed by atoms with Gasteiger partial charge in [0.25, 0.3) is 0 Å². The third kappa shape index (κ3) is 5.69. The van der Waals surface area contributed by atoms with Gasteiger partial charge in [-0.3, -0.25) is 0 Å². The van der Waals surface area contributed by atoms with Crippen molar-refractivity contribution in [2.24, 2.45) is 5.92 Å². The van der Waals surface area contributed by atoms with Gasteiger partial charge in [0.05, 0.1) is 10.3 Å². The molecule has 1 aromatic rings. The van der Waals surface area contributed by atoms with E-state index in [4.69, 9.17) is 0 Å². The second-order valence-electron chi connectivity index (χ2n) is 8.97. The maximum atomic E-state index is 12.3. The van der Waals surface area contributed by atoms with Gasteiger partial charge in [-0.15, -0.1) is 0 Å². The minimum atomic E-state index is -3.27. The summed E-state index contributed by atoms with van der Waals surface area (Å²) < 4.78 is 26.7. The summed E-state index contributed by atoms with van der Waals surface area (Å²) in [5.74, 6) is 0.555. The highest BCUT2D eigenvalue weighted by Crippen LogP contribution is 2.27. The Morgan fingerprint density at radius 3 is 2.00 bits per heavy atom. The summed E-state index contributed by atoms with van der Waals surface area (Å²) in [7, 11) is -3.27. The molecular weight excluding hydrogens is 348 g/mol. The molecule has 0 spiro atoms. The normalized spacial score (nSPS) is 22.2. The molecule has 148 valence electrons. The van der Waals surface area contributed by atoms with Gasteiger partial charge in [0.15, 0.2) is 0 Å². The highest BCUT2D eigenvalue weighted by molar-refractivity contribution is 7.90. The van der Waals surface area contributed by atoms with Crippen LogP contribution in [0.25, 0.3) is 0 Å². The van der Waals surface area contributed by atoms with E-state index in [0.29, 0.717) is 5.92 Å². The van der Waals surface area contributed by atoms with E-state index in [1.54, 1.807) is 34.6 Å². The molecule has 0 unspecified atom stereocenters. The van der Waals surface area contributed by atoms with Crippen molar-refractivity contribution < 1.29 is 13.5 Å². The van der Waals surface area contributed by atoms with Crippen LogP contribution < -0.4 is 10.0 Å². The van der Waals surface area contributed by atoms with Crippen LogP contribution in [0.2, 0.25) is 0 Å². The highest BCUT2D eigenvalue weighted by Gasteiger charge is 2.32. The SMILES string of the molecule is CC(C)(O)c1ccc(NC[C@H]2CC[C@H](NS(=O)(=O)C(C)(C)C)CC2)cc1. The molecule has 0 aromatic heterocycles. The van der Waals surface area contributed by atoms with Crippen LogP contribution in [0.5, 0.6) is 0 Å². The zero-order valence-corrected chi connectivity index (χ0v) is 17.5. The molecule has 5 nitrogen and oxygen atoms in total. The minimum absolute atomic E-state index is 0.0570. The zero-order chi connectivity index (χ0) is 19.6. The lowest BCUT2D eigenvalue weighted by Crippen LogP contribution is -2.46. The summed E-state index contributed by atoms with van der Waals surface area (Å²) >= 11 is 0. The molecule has 26 heavy (non-hydrogen) atoms. The summed E-state index contributed by atoms with van der Waals surface area (Å²) in [6.45, 7) is 9.64. The number of sulfonamides is 1. The molecule has 0 amide bonds. The third-order valence-electron chi connectivity index (χ3n) is 5.16. The summed E-state index contributed by atoms with van der Waals surface area (Å²) in [6.07, 6.45) is 3.82. The second kappa shape index (κ2) is 7.87. The van der Waals surface area contributed by atoms with E-state index >= 15 is 0 Å². The van der Waals surface area contributed by atoms with Crippen LogP contribution in [-0.2, 0) is 15.6 Å². The fourth-order valence-corrected chi connectivity index (χ4v) is 4.17. The lowest BCUT2D eigenvalue weighted by atomic mass is 9.86. The summed E-state index contributed by atoms with van der Waals surface area (Å²) in [4.78, 5) is 0. The molecule has 0 aliphatic heterocycles. The first-order valence-corrected chi connectivity index (χ1v) is 11.0. The minimum Gasteiger partial charge on any atom is -0.386 e. The van der Waals surface area contributed by atoms with Crippen LogP contribution >= 0.6 is 0 Å². The van der Waals surface area contributed by atoms with Crippen molar-refractivity contribution in [3.8, 4) is 0 Å². The van der Waals surface area contributed by atoms with E-state index in [1.807, 2.05) is 24.3 Å². The largest absolute Gasteiger partial charge is 0.386 e. The molecule has 0 heterocycles. The third-order valence-corrected chi connectivity index (χ3v) is 7.42. The van der Waals surface area contributed by atoms with Gasteiger partial charge < -0.3 is 10.4 Å². The van der Waals surface area contributed by atoms with Crippen molar-refractivity contribution in [1.82, 2.24) is 4.72 Å². The van der Waals surface area contributed by atoms with Gasteiger partial charge in [-0.25, -0.2) is 13.1 Å². The molecule has 1 aromatic carbocycles. The molecule has 1 fully saturated rings. The summed E-state index contributed by atoms with van der Waals surface area (Å²) in [6, 6.07) is 7.94. The molecular formula is C20H34N2O3S. The number of benzene rings is 1. The van der Waals surface area contributed by atoms with Crippen molar-refractivity contribution in [2.45, 2.75) is 76.7 Å². The van der Waals surface area contributed by atoms with Crippen LogP contribution in [0.1, 0.15) is 65.9 Å². The molecule has 1 aliphatic rings. The van der Waals surface area contributed by atoms with Crippen molar-refractivity contribution in [3.63, 3.8) is 0 Å². The van der Waals surface area contributed by atoms with Crippen LogP contribution in [0.15, 0.2) is 24.3 Å². The van der Waals surface area contributed by atoms with Crippen molar-refractivity contribution in [3.05, 3.63) is 29.8 Å². The van der Waals surface area contributed by atoms with Crippen LogP contribution in [0, 0.1) is 5.92 Å². The van der Waals surface area contributed by atoms with E-state index in [9.17, 15) is 13.5 Å². The Balaban J connectivity index is 1.79. The van der Waals surface area contributed by atoms with E-state index < -0.39 is 20.4 Å². The van der Waals surface area contributed by atoms with Gasteiger partial charge in [0, 0.05) is 18.3 Å².